The third-order valence-corrected chi connectivity index (χ3v) is 8.04. The van der Waals surface area contributed by atoms with Gasteiger partial charge in [-0.1, -0.05) is 11.6 Å². The Morgan fingerprint density at radius 2 is 2.07 bits per heavy atom. The summed E-state index contributed by atoms with van der Waals surface area (Å²) in [6.07, 6.45) is 9.39. The molecule has 1 aliphatic heterocycles. The molecule has 3 rings (SSSR count). The zero-order valence-electron chi connectivity index (χ0n) is 17.2. The van der Waals surface area contributed by atoms with Crippen molar-refractivity contribution in [3.05, 3.63) is 23.0 Å². The van der Waals surface area contributed by atoms with Gasteiger partial charge in [-0.15, -0.1) is 0 Å². The molecule has 8 heteroatoms. The lowest BCUT2D eigenvalue weighted by atomic mass is 9.96. The highest BCUT2D eigenvalue weighted by molar-refractivity contribution is 7.89. The number of carbonyl (C=O) groups excluding carboxylic acids is 1. The minimum atomic E-state index is -3.65. The van der Waals surface area contributed by atoms with Crippen LogP contribution in [0.5, 0.6) is 0 Å². The summed E-state index contributed by atoms with van der Waals surface area (Å²) in [5.74, 6) is -0.322. The Morgan fingerprint density at radius 3 is 2.71 bits per heavy atom. The van der Waals surface area contributed by atoms with Gasteiger partial charge in [0.15, 0.2) is 0 Å². The quantitative estimate of drug-likeness (QED) is 0.733. The first-order valence-corrected chi connectivity index (χ1v) is 11.7. The van der Waals surface area contributed by atoms with Crippen LogP contribution in [0.15, 0.2) is 16.5 Å². The van der Waals surface area contributed by atoms with Crippen LogP contribution >= 0.6 is 0 Å². The highest BCUT2D eigenvalue weighted by Crippen LogP contribution is 2.27. The van der Waals surface area contributed by atoms with Crippen LogP contribution in [0, 0.1) is 19.8 Å². The maximum absolute atomic E-state index is 13.2. The minimum absolute atomic E-state index is 0.0315. The van der Waals surface area contributed by atoms with Crippen molar-refractivity contribution in [2.75, 3.05) is 19.6 Å². The summed E-state index contributed by atoms with van der Waals surface area (Å²) in [5.41, 5.74) is 2.57. The molecule has 1 unspecified atom stereocenters. The molecular weight excluding hydrogens is 376 g/mol. The van der Waals surface area contributed by atoms with Crippen LogP contribution < -0.4 is 5.32 Å². The van der Waals surface area contributed by atoms with Gasteiger partial charge in [-0.3, -0.25) is 9.48 Å². The van der Waals surface area contributed by atoms with Crippen LogP contribution in [-0.2, 0) is 21.9 Å². The van der Waals surface area contributed by atoms with Gasteiger partial charge in [-0.2, -0.15) is 9.40 Å². The molecule has 2 aliphatic rings. The first-order chi connectivity index (χ1) is 13.3. The van der Waals surface area contributed by atoms with Crippen molar-refractivity contribution in [1.82, 2.24) is 19.4 Å². The van der Waals surface area contributed by atoms with E-state index < -0.39 is 10.0 Å². The van der Waals surface area contributed by atoms with Gasteiger partial charge < -0.3 is 5.32 Å². The van der Waals surface area contributed by atoms with Gasteiger partial charge in [0.2, 0.25) is 15.9 Å². The average Bonchev–Trinajstić information content (AvgIpc) is 2.95. The number of nitrogens with one attached hydrogen (secondary N) is 1. The Labute approximate surface area is 168 Å². The second-order valence-electron chi connectivity index (χ2n) is 7.97. The normalized spacial score (nSPS) is 21.4. The highest BCUT2D eigenvalue weighted by atomic mass is 32.2. The predicted octanol–water partition coefficient (Wildman–Crippen LogP) is 2.44. The number of hydrogen-bond acceptors (Lipinski definition) is 4. The minimum Gasteiger partial charge on any atom is -0.356 e. The van der Waals surface area contributed by atoms with Crippen LogP contribution in [-0.4, -0.2) is 48.0 Å². The number of nitrogens with zero attached hydrogens (tertiary/aromatic N) is 3. The van der Waals surface area contributed by atoms with Crippen LogP contribution in [0.4, 0.5) is 0 Å². The molecule has 0 spiro atoms. The summed E-state index contributed by atoms with van der Waals surface area (Å²) in [5, 5.41) is 7.26. The van der Waals surface area contributed by atoms with E-state index in [1.165, 1.54) is 22.7 Å². The summed E-state index contributed by atoms with van der Waals surface area (Å²) in [6.45, 7) is 4.81. The monoisotopic (exact) mass is 408 g/mol. The fourth-order valence-corrected chi connectivity index (χ4v) is 6.18. The number of hydrogen-bond donors (Lipinski definition) is 1. The molecule has 0 radical (unpaired) electrons. The van der Waals surface area contributed by atoms with Gasteiger partial charge in [0.05, 0.1) is 17.3 Å². The first-order valence-electron chi connectivity index (χ1n) is 10.3. The molecule has 2 heterocycles. The van der Waals surface area contributed by atoms with Gasteiger partial charge in [-0.05, 0) is 58.8 Å². The van der Waals surface area contributed by atoms with Crippen molar-refractivity contribution in [2.45, 2.75) is 63.7 Å². The summed E-state index contributed by atoms with van der Waals surface area (Å²) >= 11 is 0. The molecule has 156 valence electrons. The fraction of sp³-hybridized carbons (Fsp3) is 0.700. The van der Waals surface area contributed by atoms with Crippen molar-refractivity contribution in [3.63, 3.8) is 0 Å². The van der Waals surface area contributed by atoms with E-state index in [-0.39, 0.29) is 23.3 Å². The second-order valence-corrected chi connectivity index (χ2v) is 9.85. The number of aromatic nitrogens is 2. The summed E-state index contributed by atoms with van der Waals surface area (Å²) in [6, 6.07) is 0. The van der Waals surface area contributed by atoms with Gasteiger partial charge in [0.1, 0.15) is 4.90 Å². The Morgan fingerprint density at radius 1 is 1.29 bits per heavy atom. The van der Waals surface area contributed by atoms with E-state index in [0.29, 0.717) is 30.9 Å². The molecule has 1 aromatic heterocycles. The molecule has 0 saturated carbocycles. The van der Waals surface area contributed by atoms with Crippen LogP contribution in [0.2, 0.25) is 0 Å². The SMILES string of the molecule is Cc1nn(C)c(C)c1S(=O)(=O)N1CCCC(C(=O)NCCC2=CCCCC2)C1. The third-order valence-electron chi connectivity index (χ3n) is 5.93. The lowest BCUT2D eigenvalue weighted by Crippen LogP contribution is -2.45. The largest absolute Gasteiger partial charge is 0.356 e. The Bertz CT molecular complexity index is 857. The van der Waals surface area contributed by atoms with Gasteiger partial charge in [0.25, 0.3) is 0 Å². The van der Waals surface area contributed by atoms with E-state index in [4.69, 9.17) is 0 Å². The molecule has 1 aromatic rings. The third kappa shape index (κ3) is 4.49. The van der Waals surface area contributed by atoms with Crippen LogP contribution in [0.3, 0.4) is 0 Å². The molecule has 28 heavy (non-hydrogen) atoms. The summed E-state index contributed by atoms with van der Waals surface area (Å²) < 4.78 is 29.4. The maximum Gasteiger partial charge on any atom is 0.246 e. The molecule has 0 aromatic carbocycles. The van der Waals surface area contributed by atoms with E-state index in [2.05, 4.69) is 16.5 Å². The number of sulfonamides is 1. The Hall–Kier alpha value is -1.67. The van der Waals surface area contributed by atoms with Crippen LogP contribution in [0.1, 0.15) is 56.3 Å². The van der Waals surface area contributed by atoms with E-state index in [0.717, 1.165) is 25.7 Å². The van der Waals surface area contributed by atoms with E-state index >= 15 is 0 Å². The smallest absolute Gasteiger partial charge is 0.246 e. The lowest BCUT2D eigenvalue weighted by molar-refractivity contribution is -0.126. The molecular formula is C20H32N4O3S. The Kier molecular flexibility index (Phi) is 6.60. The molecule has 1 N–H and O–H groups in total. The average molecular weight is 409 g/mol. The Balaban J connectivity index is 1.61. The van der Waals surface area contributed by atoms with Crippen molar-refractivity contribution in [2.24, 2.45) is 13.0 Å². The maximum atomic E-state index is 13.2. The number of allylic oxidation sites excluding steroid dienone is 1. The number of carbonyl (C=O) groups is 1. The topological polar surface area (TPSA) is 84.3 Å². The lowest BCUT2D eigenvalue weighted by Gasteiger charge is -2.31. The van der Waals surface area contributed by atoms with E-state index in [9.17, 15) is 13.2 Å². The van der Waals surface area contributed by atoms with E-state index in [1.807, 2.05) is 0 Å². The van der Waals surface area contributed by atoms with Crippen molar-refractivity contribution >= 4 is 15.9 Å². The summed E-state index contributed by atoms with van der Waals surface area (Å²) in [4.78, 5) is 12.9. The number of aryl methyl sites for hydroxylation is 2. The second kappa shape index (κ2) is 8.78. The molecule has 1 saturated heterocycles. The van der Waals surface area contributed by atoms with E-state index in [1.54, 1.807) is 25.6 Å². The molecule has 1 atom stereocenters. The summed E-state index contributed by atoms with van der Waals surface area (Å²) in [7, 11) is -1.90. The molecule has 7 nitrogen and oxygen atoms in total. The molecule has 1 fully saturated rings. The number of piperidine rings is 1. The fourth-order valence-electron chi connectivity index (χ4n) is 4.25. The van der Waals surface area contributed by atoms with Gasteiger partial charge >= 0.3 is 0 Å². The van der Waals surface area contributed by atoms with Crippen molar-refractivity contribution in [3.8, 4) is 0 Å². The number of amides is 1. The molecule has 0 bridgehead atoms. The highest BCUT2D eigenvalue weighted by Gasteiger charge is 2.36. The number of rotatable bonds is 6. The predicted molar refractivity (Wildman–Crippen MR) is 108 cm³/mol. The zero-order valence-corrected chi connectivity index (χ0v) is 18.0. The molecule has 1 amide bonds. The zero-order chi connectivity index (χ0) is 20.3. The standard InChI is InChI=1S/C20H32N4O3S/c1-15-19(16(2)23(3)22-15)28(26,27)24-13-7-10-18(14-24)20(25)21-12-11-17-8-5-4-6-9-17/h8,18H,4-7,9-14H2,1-3H3,(H,21,25). The first kappa shape index (κ1) is 21.0. The van der Waals surface area contributed by atoms with Crippen LogP contribution in [0.25, 0.3) is 0 Å². The van der Waals surface area contributed by atoms with Gasteiger partial charge in [0, 0.05) is 26.7 Å². The van der Waals surface area contributed by atoms with Crippen molar-refractivity contribution in [1.29, 1.82) is 0 Å². The van der Waals surface area contributed by atoms with Gasteiger partial charge in [-0.25, -0.2) is 8.42 Å². The molecule has 1 aliphatic carbocycles. The van der Waals surface area contributed by atoms with Crippen molar-refractivity contribution < 1.29 is 13.2 Å².